The van der Waals surface area contributed by atoms with Crippen LogP contribution in [0.25, 0.3) is 11.0 Å². The Labute approximate surface area is 139 Å². The van der Waals surface area contributed by atoms with Gasteiger partial charge >= 0.3 is 0 Å². The maximum Gasteiger partial charge on any atom is 0.295 e. The fraction of sp³-hybridized carbons (Fsp3) is 0.467. The molecule has 1 N–H and O–H groups in total. The topological polar surface area (TPSA) is 58.2 Å². The Morgan fingerprint density at radius 3 is 2.41 bits per heavy atom. The van der Waals surface area contributed by atoms with Crippen LogP contribution in [0.1, 0.15) is 27.7 Å². The Morgan fingerprint density at radius 1 is 1.23 bits per heavy atom. The molecule has 0 saturated heterocycles. The third-order valence-corrected chi connectivity index (χ3v) is 3.96. The van der Waals surface area contributed by atoms with Gasteiger partial charge in [-0.25, -0.2) is 0 Å². The summed E-state index contributed by atoms with van der Waals surface area (Å²) < 4.78 is 5.47. The summed E-state index contributed by atoms with van der Waals surface area (Å²) in [5.74, 6) is -0.0819. The Balaban J connectivity index is 2.10. The van der Waals surface area contributed by atoms with E-state index in [4.69, 9.17) is 27.9 Å². The number of halogens is 2. The van der Waals surface area contributed by atoms with Crippen LogP contribution in [0.3, 0.4) is 0 Å². The summed E-state index contributed by atoms with van der Waals surface area (Å²) in [5.41, 5.74) is 1.35. The molecule has 1 amide bonds. The number of aromatic amines is 1. The first-order chi connectivity index (χ1) is 10.3. The lowest BCUT2D eigenvalue weighted by Crippen LogP contribution is -2.44. The fourth-order valence-corrected chi connectivity index (χ4v) is 2.75. The number of hydrogen-bond acceptors (Lipinski definition) is 3. The monoisotopic (exact) mass is 343 g/mol. The summed E-state index contributed by atoms with van der Waals surface area (Å²) in [5, 5.41) is 0.861. The van der Waals surface area contributed by atoms with Gasteiger partial charge in [0.05, 0.1) is 21.1 Å². The van der Waals surface area contributed by atoms with E-state index in [0.29, 0.717) is 21.1 Å². The van der Waals surface area contributed by atoms with Crippen molar-refractivity contribution < 1.29 is 9.53 Å². The van der Waals surface area contributed by atoms with Crippen LogP contribution in [0.2, 0.25) is 10.0 Å². The second-order valence-electron chi connectivity index (χ2n) is 5.60. The molecule has 1 aromatic carbocycles. The minimum atomic E-state index is -0.0819. The number of nitrogens with one attached hydrogen (secondary N) is 1. The fourth-order valence-electron chi connectivity index (χ4n) is 2.43. The molecule has 0 spiro atoms. The summed E-state index contributed by atoms with van der Waals surface area (Å²) >= 11 is 11.9. The molecule has 0 fully saturated rings. The lowest BCUT2D eigenvalue weighted by Gasteiger charge is -2.30. The van der Waals surface area contributed by atoms with E-state index >= 15 is 0 Å². The van der Waals surface area contributed by atoms with E-state index < -0.39 is 0 Å². The quantitative estimate of drug-likeness (QED) is 0.895. The summed E-state index contributed by atoms with van der Waals surface area (Å²) in [7, 11) is 0. The Morgan fingerprint density at radius 2 is 1.82 bits per heavy atom. The molecule has 22 heavy (non-hydrogen) atoms. The third kappa shape index (κ3) is 3.65. The van der Waals surface area contributed by atoms with Crippen LogP contribution in [-0.2, 0) is 4.79 Å². The van der Waals surface area contributed by atoms with E-state index in [1.165, 1.54) is 0 Å². The molecule has 0 bridgehead atoms. The first kappa shape index (κ1) is 16.9. The molecule has 0 aliphatic carbocycles. The van der Waals surface area contributed by atoms with Gasteiger partial charge in [0.1, 0.15) is 0 Å². The van der Waals surface area contributed by atoms with Crippen molar-refractivity contribution in [2.24, 2.45) is 0 Å². The number of benzene rings is 1. The van der Waals surface area contributed by atoms with Gasteiger partial charge in [0, 0.05) is 12.1 Å². The zero-order valence-corrected chi connectivity index (χ0v) is 14.5. The molecule has 0 aliphatic heterocycles. The molecule has 7 heteroatoms. The molecule has 1 heterocycles. The van der Waals surface area contributed by atoms with Gasteiger partial charge in [-0.15, -0.1) is 0 Å². The third-order valence-electron chi connectivity index (χ3n) is 3.24. The van der Waals surface area contributed by atoms with Gasteiger partial charge in [0.2, 0.25) is 0 Å². The molecule has 0 saturated carbocycles. The van der Waals surface area contributed by atoms with Crippen LogP contribution in [0, 0.1) is 0 Å². The predicted octanol–water partition coefficient (Wildman–Crippen LogP) is 3.89. The summed E-state index contributed by atoms with van der Waals surface area (Å²) in [6.07, 6.45) is 0. The zero-order valence-electron chi connectivity index (χ0n) is 13.0. The SMILES string of the molecule is CC(C)N(C(=O)COc1nc2cc(Cl)c(Cl)cc2[nH]1)C(C)C. The highest BCUT2D eigenvalue weighted by Crippen LogP contribution is 2.27. The van der Waals surface area contributed by atoms with E-state index in [2.05, 4.69) is 9.97 Å². The highest BCUT2D eigenvalue weighted by Gasteiger charge is 2.20. The van der Waals surface area contributed by atoms with E-state index in [9.17, 15) is 4.79 Å². The van der Waals surface area contributed by atoms with Gasteiger partial charge < -0.3 is 14.6 Å². The molecule has 2 aromatic rings. The zero-order chi connectivity index (χ0) is 16.4. The number of carbonyl (C=O) groups is 1. The van der Waals surface area contributed by atoms with Crippen molar-refractivity contribution >= 4 is 40.1 Å². The number of H-pyrrole nitrogens is 1. The van der Waals surface area contributed by atoms with Crippen LogP contribution >= 0.6 is 23.2 Å². The smallest absolute Gasteiger partial charge is 0.295 e. The molecule has 5 nitrogen and oxygen atoms in total. The van der Waals surface area contributed by atoms with E-state index in [0.717, 1.165) is 0 Å². The molecule has 2 rings (SSSR count). The van der Waals surface area contributed by atoms with E-state index in [1.807, 2.05) is 27.7 Å². The highest BCUT2D eigenvalue weighted by atomic mass is 35.5. The maximum absolute atomic E-state index is 12.2. The molecular formula is C15H19Cl2N3O2. The lowest BCUT2D eigenvalue weighted by atomic mass is 10.2. The molecule has 1 aromatic heterocycles. The van der Waals surface area contributed by atoms with Crippen molar-refractivity contribution in [3.8, 4) is 6.01 Å². The molecule has 120 valence electrons. The number of aromatic nitrogens is 2. The summed E-state index contributed by atoms with van der Waals surface area (Å²) in [4.78, 5) is 21.2. The van der Waals surface area contributed by atoms with Crippen molar-refractivity contribution in [3.63, 3.8) is 0 Å². The highest BCUT2D eigenvalue weighted by molar-refractivity contribution is 6.42. The number of rotatable bonds is 5. The average molecular weight is 344 g/mol. The van der Waals surface area contributed by atoms with Crippen molar-refractivity contribution in [1.82, 2.24) is 14.9 Å². The Kier molecular flexibility index (Phi) is 5.19. The van der Waals surface area contributed by atoms with Crippen LogP contribution in [-0.4, -0.2) is 39.5 Å². The normalized spacial score (nSPS) is 11.5. The summed E-state index contributed by atoms with van der Waals surface area (Å²) in [6, 6.07) is 3.83. The van der Waals surface area contributed by atoms with Crippen molar-refractivity contribution in [1.29, 1.82) is 0 Å². The largest absolute Gasteiger partial charge is 0.455 e. The van der Waals surface area contributed by atoms with Gasteiger partial charge in [-0.05, 0) is 39.8 Å². The van der Waals surface area contributed by atoms with Crippen LogP contribution in [0.5, 0.6) is 6.01 Å². The van der Waals surface area contributed by atoms with Gasteiger partial charge in [-0.2, -0.15) is 4.98 Å². The molecule has 0 aliphatic rings. The van der Waals surface area contributed by atoms with Crippen LogP contribution in [0.4, 0.5) is 0 Å². The predicted molar refractivity (Wildman–Crippen MR) is 88.7 cm³/mol. The number of ether oxygens (including phenoxy) is 1. The number of fused-ring (bicyclic) bond motifs is 1. The van der Waals surface area contributed by atoms with E-state index in [1.54, 1.807) is 17.0 Å². The van der Waals surface area contributed by atoms with Gasteiger partial charge in [0.15, 0.2) is 6.61 Å². The molecule has 0 unspecified atom stereocenters. The standard InChI is InChI=1S/C15H19Cl2N3O2/c1-8(2)20(9(3)4)14(21)7-22-15-18-12-5-10(16)11(17)6-13(12)19-15/h5-6,8-9H,7H2,1-4H3,(H,18,19). The Bertz CT molecular complexity index is 636. The minimum absolute atomic E-state index is 0.0718. The maximum atomic E-state index is 12.2. The molecular weight excluding hydrogens is 325 g/mol. The number of nitrogens with zero attached hydrogens (tertiary/aromatic N) is 2. The van der Waals surface area contributed by atoms with Crippen molar-refractivity contribution in [2.75, 3.05) is 6.61 Å². The van der Waals surface area contributed by atoms with Gasteiger partial charge in [-0.1, -0.05) is 23.2 Å². The second-order valence-corrected chi connectivity index (χ2v) is 6.42. The van der Waals surface area contributed by atoms with E-state index in [-0.39, 0.29) is 30.6 Å². The van der Waals surface area contributed by atoms with Crippen molar-refractivity contribution in [3.05, 3.63) is 22.2 Å². The minimum Gasteiger partial charge on any atom is -0.455 e. The Hall–Kier alpha value is -1.46. The number of carbonyl (C=O) groups excluding carboxylic acids is 1. The molecule has 0 radical (unpaired) electrons. The molecule has 0 atom stereocenters. The van der Waals surface area contributed by atoms with Gasteiger partial charge in [0.25, 0.3) is 11.9 Å². The second kappa shape index (κ2) is 6.75. The van der Waals surface area contributed by atoms with Crippen LogP contribution in [0.15, 0.2) is 12.1 Å². The lowest BCUT2D eigenvalue weighted by molar-refractivity contribution is -0.137. The van der Waals surface area contributed by atoms with Crippen LogP contribution < -0.4 is 4.74 Å². The van der Waals surface area contributed by atoms with Crippen molar-refractivity contribution in [2.45, 2.75) is 39.8 Å². The van der Waals surface area contributed by atoms with Gasteiger partial charge in [-0.3, -0.25) is 4.79 Å². The first-order valence-corrected chi connectivity index (χ1v) is 7.84. The number of hydrogen-bond donors (Lipinski definition) is 1. The summed E-state index contributed by atoms with van der Waals surface area (Å²) in [6.45, 7) is 7.83. The number of imidazole rings is 1. The first-order valence-electron chi connectivity index (χ1n) is 7.08. The average Bonchev–Trinajstić information content (AvgIpc) is 2.78. The number of amides is 1.